The molecule has 0 bridgehead atoms. The molecule has 148 heavy (non-hydrogen) atoms. The van der Waals surface area contributed by atoms with Crippen LogP contribution >= 0.6 is 11.6 Å². The first kappa shape index (κ1) is 101. The summed E-state index contributed by atoms with van der Waals surface area (Å²) >= 11 is 6.02. The average Bonchev–Trinajstić information content (AvgIpc) is 0.776. The highest BCUT2D eigenvalue weighted by molar-refractivity contribution is 6.30. The Morgan fingerprint density at radius 2 is 0.514 bits per heavy atom. The van der Waals surface area contributed by atoms with Crippen molar-refractivity contribution in [3.63, 3.8) is 0 Å². The second-order valence-electron chi connectivity index (χ2n) is 37.8. The molecule has 20 rings (SSSR count). The van der Waals surface area contributed by atoms with Gasteiger partial charge in [0, 0.05) is 49.5 Å². The second-order valence-corrected chi connectivity index (χ2v) is 38.2. The van der Waals surface area contributed by atoms with Gasteiger partial charge in [0.1, 0.15) is 34.9 Å². The minimum atomic E-state index is -0.297. The molecule has 16 aromatic carbocycles. The lowest BCUT2D eigenvalue weighted by Gasteiger charge is -2.18. The Morgan fingerprint density at radius 3 is 0.811 bits per heavy atom. The maximum Gasteiger partial charge on any atom is 0.266 e. The zero-order valence-electron chi connectivity index (χ0n) is 83.8. The topological polar surface area (TPSA) is 160 Å². The summed E-state index contributed by atoms with van der Waals surface area (Å²) < 4.78 is 19.9. The van der Waals surface area contributed by atoms with Crippen molar-refractivity contribution in [3.05, 3.63) is 557 Å². The first-order chi connectivity index (χ1) is 71.5. The number of fused-ring (bicyclic) bond motifs is 4. The van der Waals surface area contributed by atoms with E-state index in [1.807, 2.05) is 337 Å². The van der Waals surface area contributed by atoms with Crippen molar-refractivity contribution in [2.24, 2.45) is 0 Å². The average molecular weight is 1950 g/mol. The number of halogens is 2. The smallest absolute Gasteiger partial charge is 0.266 e. The van der Waals surface area contributed by atoms with E-state index in [9.17, 15) is 28.7 Å². The van der Waals surface area contributed by atoms with Crippen LogP contribution in [0.2, 0.25) is 5.02 Å². The van der Waals surface area contributed by atoms with Gasteiger partial charge in [-0.25, -0.2) is 24.3 Å². The van der Waals surface area contributed by atoms with Gasteiger partial charge in [-0.05, 0) is 337 Å². The highest BCUT2D eigenvalue weighted by Crippen LogP contribution is 2.30. The van der Waals surface area contributed by atoms with Gasteiger partial charge in [-0.1, -0.05) is 295 Å². The van der Waals surface area contributed by atoms with E-state index in [4.69, 9.17) is 31.5 Å². The van der Waals surface area contributed by atoms with Gasteiger partial charge in [0.05, 0.1) is 66.4 Å². The van der Waals surface area contributed by atoms with Crippen LogP contribution in [0.5, 0.6) is 5.75 Å². The van der Waals surface area contributed by atoms with Gasteiger partial charge < -0.3 is 5.11 Å². The Balaban J connectivity index is 0.000000135. The second kappa shape index (κ2) is 45.7. The first-order valence-electron chi connectivity index (χ1n) is 48.6. The minimum absolute atomic E-state index is 0.0918. The monoisotopic (exact) mass is 1950 g/mol. The number of aromatic hydroxyl groups is 1. The Hall–Kier alpha value is -18.7. The van der Waals surface area contributed by atoms with E-state index in [-0.39, 0.29) is 44.6 Å². The molecule has 1 N–H and O–H groups in total. The number of rotatable bonds is 12. The van der Waals surface area contributed by atoms with E-state index in [1.165, 1.54) is 23.3 Å². The Labute approximate surface area is 865 Å². The lowest BCUT2D eigenvalue weighted by Crippen LogP contribution is -2.23. The Kier molecular flexibility index (Phi) is 31.1. The number of hydrogen-bond acceptors (Lipinski definition) is 9. The van der Waals surface area contributed by atoms with Gasteiger partial charge in [-0.3, -0.25) is 37.4 Å². The third kappa shape index (κ3) is 24.8. The highest BCUT2D eigenvalue weighted by atomic mass is 35.5. The van der Waals surface area contributed by atoms with Crippen molar-refractivity contribution in [1.82, 2.24) is 38.2 Å². The van der Waals surface area contributed by atoms with Gasteiger partial charge in [0.2, 0.25) is 0 Å². The number of aryl methyl sites for hydroxylation is 5. The molecule has 15 heteroatoms. The fraction of sp³-hybridized carbons (Fsp3) is 0.0977. The molecule has 0 spiro atoms. The number of para-hydroxylation sites is 4. The van der Waals surface area contributed by atoms with E-state index < -0.39 is 0 Å². The molecule has 0 aliphatic heterocycles. The molecule has 4 aromatic heterocycles. The van der Waals surface area contributed by atoms with Gasteiger partial charge >= 0.3 is 0 Å². The predicted octanol–water partition coefficient (Wildman–Crippen LogP) is 28.5. The van der Waals surface area contributed by atoms with Crippen molar-refractivity contribution in [1.29, 1.82) is 0 Å². The summed E-state index contributed by atoms with van der Waals surface area (Å²) in [4.78, 5) is 73.8. The van der Waals surface area contributed by atoms with E-state index in [1.54, 1.807) is 60.7 Å². The summed E-state index contributed by atoms with van der Waals surface area (Å²) in [6, 6.07) is 118. The molecular formula is C133H104ClFN8O5. The molecule has 0 saturated heterocycles. The molecule has 20 aromatic rings. The summed E-state index contributed by atoms with van der Waals surface area (Å²) in [5.74, 6) is 27.9. The molecule has 0 amide bonds. The van der Waals surface area contributed by atoms with E-state index in [2.05, 4.69) is 156 Å². The maximum absolute atomic E-state index is 13.7. The molecule has 13 nitrogen and oxygen atoms in total. The summed E-state index contributed by atoms with van der Waals surface area (Å²) in [6.07, 6.45) is 15.0. The summed E-state index contributed by atoms with van der Waals surface area (Å²) in [7, 11) is 0. The van der Waals surface area contributed by atoms with Crippen molar-refractivity contribution in [2.75, 3.05) is 0 Å². The third-order valence-electron chi connectivity index (χ3n) is 24.9. The molecule has 720 valence electrons. The lowest BCUT2D eigenvalue weighted by atomic mass is 9.87. The molecule has 0 fully saturated rings. The minimum Gasteiger partial charge on any atom is -0.508 e. The predicted molar refractivity (Wildman–Crippen MR) is 608 cm³/mol. The van der Waals surface area contributed by atoms with Gasteiger partial charge in [0.25, 0.3) is 22.2 Å². The van der Waals surface area contributed by atoms with Crippen LogP contribution in [-0.2, 0) is 10.8 Å². The van der Waals surface area contributed by atoms with Crippen LogP contribution in [0.1, 0.15) is 171 Å². The van der Waals surface area contributed by atoms with E-state index in [0.29, 0.717) is 71.9 Å². The molecular weight excluding hydrogens is 1840 g/mol. The van der Waals surface area contributed by atoms with Crippen LogP contribution < -0.4 is 22.2 Å². The largest absolute Gasteiger partial charge is 0.508 e. The normalized spacial score (nSPS) is 11.2. The number of nitrogens with zero attached hydrogens (tertiary/aromatic N) is 8. The number of aromatic nitrogens is 8. The molecule has 0 radical (unpaired) electrons. The number of phenols is 1. The summed E-state index contributed by atoms with van der Waals surface area (Å²) in [5.41, 5.74) is 23.9. The number of benzene rings is 16. The highest BCUT2D eigenvalue weighted by Gasteiger charge is 2.21. The summed E-state index contributed by atoms with van der Waals surface area (Å²) in [5, 5.41) is 12.5. The Bertz CT molecular complexity index is 8840. The fourth-order valence-corrected chi connectivity index (χ4v) is 17.0. The molecule has 0 atom stereocenters. The van der Waals surface area contributed by atoms with Crippen LogP contribution in [0.4, 0.5) is 4.39 Å². The van der Waals surface area contributed by atoms with Crippen LogP contribution in [-0.4, -0.2) is 43.3 Å². The van der Waals surface area contributed by atoms with E-state index in [0.717, 1.165) is 117 Å². The van der Waals surface area contributed by atoms with Crippen molar-refractivity contribution in [2.45, 2.75) is 87.0 Å². The zero-order valence-corrected chi connectivity index (χ0v) is 84.6. The lowest BCUT2D eigenvalue weighted by molar-refractivity contribution is 0.475. The molecule has 4 heterocycles. The van der Waals surface area contributed by atoms with Crippen molar-refractivity contribution >= 4 is 104 Å². The van der Waals surface area contributed by atoms with Gasteiger partial charge in [-0.15, -0.1) is 0 Å². The third-order valence-corrected chi connectivity index (χ3v) is 25.2. The molecule has 0 aliphatic carbocycles. The first-order valence-corrected chi connectivity index (χ1v) is 48.9. The van der Waals surface area contributed by atoms with E-state index >= 15 is 0 Å². The van der Waals surface area contributed by atoms with Crippen molar-refractivity contribution < 1.29 is 9.50 Å². The molecule has 0 unspecified atom stereocenters. The van der Waals surface area contributed by atoms with Crippen LogP contribution in [0.15, 0.2) is 395 Å². The SMILES string of the molecule is Cc1cc(C#Cc2ccc(C(C)(C)C)cc2)ccc1-n1c(/C=C/c2ccc(O)cc2)nc2ccccc2c1=O.Cc1cc(C#Cc2ccccc2)ccc1-n1c(/C=C/c2ccc(Cl)cc2)nc2ccccc2c1=O.Cc1cc(C#Cc2ccccc2)ccc1-n1c(/C=C/c2ccc(F)cc2)nc2ccccc2c1=O.Cc1ccccc1/C=C/c1nc2ccccc2c(=O)n1-c1ccc(C#Cc2ccc(C(C)(C)C)cc2)cc1C. The quantitative estimate of drug-likeness (QED) is 0.117. The molecule has 0 saturated carbocycles. The van der Waals surface area contributed by atoms with Gasteiger partial charge in [-0.2, -0.15) is 0 Å². The van der Waals surface area contributed by atoms with Crippen LogP contribution in [0.25, 0.3) is 115 Å². The number of phenolic OH excluding ortho intramolecular Hbond substituents is 1. The molecule has 0 aliphatic rings. The van der Waals surface area contributed by atoms with Gasteiger partial charge in [0.15, 0.2) is 0 Å². The maximum atomic E-state index is 13.7. The zero-order chi connectivity index (χ0) is 104. The number of hydrogen-bond donors (Lipinski definition) is 1. The Morgan fingerprint density at radius 1 is 0.264 bits per heavy atom. The summed E-state index contributed by atoms with van der Waals surface area (Å²) in [6.45, 7) is 23.2. The van der Waals surface area contributed by atoms with Crippen molar-refractivity contribution in [3.8, 4) is 75.9 Å². The van der Waals surface area contributed by atoms with Crippen LogP contribution in [0, 0.1) is 87.8 Å². The van der Waals surface area contributed by atoms with Crippen LogP contribution in [0.3, 0.4) is 0 Å². The standard InChI is InChI=1S/C36H32N2O.C35H30N2O2.C31H21ClN2O.C31H21FN2O/c1-25-10-6-7-11-29(25)19-23-34-37-32-13-9-8-12-31(32)35(39)38(34)33-22-18-28(24-26(33)2)15-14-27-16-20-30(21-17-27)36(3,4)5;1-24-23-27(10-9-25-11-17-28(18-12-25)35(2,3)4)15-21-32(24)37-33(22-16-26-13-19-29(38)20-14-26)36-31-8-6-5-7-30(31)34(37)39;2*1-22-21-25(12-11-23-7-3-2-4-8-23)15-19-29(22)34-30(20-16-24-13-17-26(32)18-14-24)33-28-10-6-5-9-27(28)31(34)35/h6-13,16-24H,1-5H3;5-8,11-23,38H,1-4H3;2*2-10,13-21H,1H3/b23-19+;22-16+;2*20-16+. The fourth-order valence-electron chi connectivity index (χ4n) is 16.8.